The van der Waals surface area contributed by atoms with Crippen LogP contribution in [0.25, 0.3) is 0 Å². The fourth-order valence-corrected chi connectivity index (χ4v) is 12.0. The zero-order valence-electron chi connectivity index (χ0n) is 51.5. The van der Waals surface area contributed by atoms with E-state index < -0.39 is 0 Å². The van der Waals surface area contributed by atoms with Crippen LogP contribution in [-0.4, -0.2) is 55.0 Å². The Hall–Kier alpha value is -3.18. The lowest BCUT2D eigenvalue weighted by atomic mass is 9.78. The molecule has 9 rings (SSSR count). The molecule has 3 aliphatic heterocycles. The van der Waals surface area contributed by atoms with Crippen molar-refractivity contribution in [2.75, 3.05) is 39.6 Å². The minimum absolute atomic E-state index is 0.136. The highest BCUT2D eigenvalue weighted by Crippen LogP contribution is 2.47. The van der Waals surface area contributed by atoms with Crippen LogP contribution in [0.5, 0.6) is 17.2 Å². The smallest absolute Gasteiger partial charge is 0.183 e. The molecule has 0 bridgehead atoms. The molecule has 3 saturated heterocycles. The SMILES string of the molecule is CC(C)(C)c1cc(C2OCC(C3CCCC3)CO2)cc(C(C)(C)C)c1O.CC(C)(C)c1cc(C2OCC(CC3CC3)CO2)cc(C(C)(C)C)c1O.CC(C)(C)c1cc(C2OCC(CC3CCC3)CO2)cc(C(C)(C)C)c1O. The molecular weight excluding hydrogens is 961 g/mol. The van der Waals surface area contributed by atoms with E-state index in [0.717, 1.165) is 107 Å². The van der Waals surface area contributed by atoms with Crippen LogP contribution in [0.4, 0.5) is 0 Å². The molecule has 6 aliphatic rings. The minimum atomic E-state index is -0.324. The van der Waals surface area contributed by atoms with Crippen LogP contribution >= 0.6 is 0 Å². The van der Waals surface area contributed by atoms with Gasteiger partial charge in [0.2, 0.25) is 0 Å². The van der Waals surface area contributed by atoms with Crippen molar-refractivity contribution < 1.29 is 43.7 Å². The summed E-state index contributed by atoms with van der Waals surface area (Å²) in [5, 5.41) is 32.6. The highest BCUT2D eigenvalue weighted by Gasteiger charge is 2.37. The summed E-state index contributed by atoms with van der Waals surface area (Å²) in [6, 6.07) is 12.4. The van der Waals surface area contributed by atoms with Gasteiger partial charge in [-0.2, -0.15) is 0 Å². The third kappa shape index (κ3) is 16.1. The Labute approximate surface area is 467 Å². The molecule has 0 spiro atoms. The van der Waals surface area contributed by atoms with E-state index in [1.54, 1.807) is 0 Å². The lowest BCUT2D eigenvalue weighted by Gasteiger charge is -2.35. The zero-order chi connectivity index (χ0) is 56.6. The van der Waals surface area contributed by atoms with Crippen LogP contribution < -0.4 is 0 Å². The molecule has 3 heterocycles. The first-order valence-electron chi connectivity index (χ1n) is 30.0. The van der Waals surface area contributed by atoms with Gasteiger partial charge in [-0.25, -0.2) is 0 Å². The molecule has 9 heteroatoms. The van der Waals surface area contributed by atoms with E-state index >= 15 is 0 Å². The van der Waals surface area contributed by atoms with Crippen LogP contribution in [0, 0.1) is 35.5 Å². The van der Waals surface area contributed by atoms with Gasteiger partial charge >= 0.3 is 0 Å². The van der Waals surface area contributed by atoms with Gasteiger partial charge in [0.15, 0.2) is 18.9 Å². The standard InChI is InChI=1S/2C23H36O3.C22H34O3/c1-22(2,3)18-11-17(12-19(20(18)24)23(4,5)6)21-25-13-16(14-26-21)10-15-8-7-9-15;1-22(2,3)18-11-16(12-19(20(18)24)23(4,5)6)21-25-13-17(14-26-21)15-9-7-8-10-15;1-21(2,3)17-10-16(11-18(19(17)23)22(4,5)6)20-24-12-15(13-25-20)9-14-7-8-14/h11-12,15-16,21,24H,7-10,13-14H2,1-6H3;11-12,15,17,21,24H,7-10,13-14H2,1-6H3;10-11,14-15,20,23H,7-9,12-13H2,1-6H3. The maximum atomic E-state index is 10.9. The molecule has 0 radical (unpaired) electrons. The summed E-state index contributed by atoms with van der Waals surface area (Å²) in [7, 11) is 0. The molecule has 3 aromatic carbocycles. The first kappa shape index (κ1) is 61.4. The van der Waals surface area contributed by atoms with E-state index in [4.69, 9.17) is 28.4 Å². The third-order valence-corrected chi connectivity index (χ3v) is 17.2. The monoisotopic (exact) mass is 1070 g/mol. The molecule has 6 fully saturated rings. The summed E-state index contributed by atoms with van der Waals surface area (Å²) in [6.45, 7) is 43.1. The number of aromatic hydroxyl groups is 3. The van der Waals surface area contributed by atoms with Crippen LogP contribution in [0.1, 0.15) is 264 Å². The highest BCUT2D eigenvalue weighted by molar-refractivity contribution is 5.52. The molecule has 77 heavy (non-hydrogen) atoms. The fraction of sp³-hybridized carbons (Fsp3) is 0.735. The zero-order valence-corrected chi connectivity index (χ0v) is 51.5. The molecule has 3 aromatic rings. The van der Waals surface area contributed by atoms with Crippen molar-refractivity contribution in [1.82, 2.24) is 0 Å². The van der Waals surface area contributed by atoms with E-state index in [0.29, 0.717) is 35.0 Å². The van der Waals surface area contributed by atoms with Crippen molar-refractivity contribution >= 4 is 0 Å². The molecule has 3 N–H and O–H groups in total. The van der Waals surface area contributed by atoms with Gasteiger partial charge in [0.1, 0.15) is 17.2 Å². The highest BCUT2D eigenvalue weighted by atomic mass is 16.7. The normalized spacial score (nSPS) is 25.3. The first-order valence-corrected chi connectivity index (χ1v) is 30.0. The molecule has 0 unspecified atom stereocenters. The maximum Gasteiger partial charge on any atom is 0.183 e. The van der Waals surface area contributed by atoms with Crippen molar-refractivity contribution in [2.24, 2.45) is 35.5 Å². The van der Waals surface area contributed by atoms with Gasteiger partial charge < -0.3 is 43.7 Å². The van der Waals surface area contributed by atoms with Gasteiger partial charge in [0.05, 0.1) is 39.6 Å². The van der Waals surface area contributed by atoms with Gasteiger partial charge in [0.25, 0.3) is 0 Å². The summed E-state index contributed by atoms with van der Waals surface area (Å²) < 4.78 is 36.7. The quantitative estimate of drug-likeness (QED) is 0.203. The molecular formula is C68H106O9. The molecule has 0 aromatic heterocycles. The van der Waals surface area contributed by atoms with Crippen LogP contribution in [-0.2, 0) is 60.9 Å². The number of rotatable bonds is 8. The summed E-state index contributed by atoms with van der Waals surface area (Å²) in [6.07, 6.45) is 13.8. The lowest BCUT2D eigenvalue weighted by Crippen LogP contribution is -2.31. The second-order valence-electron chi connectivity index (χ2n) is 30.6. The molecule has 3 aliphatic carbocycles. The third-order valence-electron chi connectivity index (χ3n) is 17.2. The second kappa shape index (κ2) is 24.1. The number of ether oxygens (including phenoxy) is 6. The van der Waals surface area contributed by atoms with E-state index in [9.17, 15) is 15.3 Å². The van der Waals surface area contributed by atoms with Crippen LogP contribution in [0.2, 0.25) is 0 Å². The lowest BCUT2D eigenvalue weighted by molar-refractivity contribution is -0.212. The molecule has 3 saturated carbocycles. The Balaban J connectivity index is 0.000000168. The van der Waals surface area contributed by atoms with Crippen LogP contribution in [0.3, 0.4) is 0 Å². The number of phenolic OH excluding ortho intramolecular Hbond substituents is 3. The van der Waals surface area contributed by atoms with Crippen molar-refractivity contribution in [3.8, 4) is 17.2 Å². The Morgan fingerprint density at radius 1 is 0.312 bits per heavy atom. The van der Waals surface area contributed by atoms with Gasteiger partial charge in [-0.1, -0.05) is 182 Å². The Morgan fingerprint density at radius 3 is 0.779 bits per heavy atom. The van der Waals surface area contributed by atoms with Crippen molar-refractivity contribution in [1.29, 1.82) is 0 Å². The fourth-order valence-electron chi connectivity index (χ4n) is 12.0. The maximum absolute atomic E-state index is 10.9. The Morgan fingerprint density at radius 2 is 0.558 bits per heavy atom. The minimum Gasteiger partial charge on any atom is -0.507 e. The number of phenols is 3. The average molecular weight is 1070 g/mol. The van der Waals surface area contributed by atoms with Crippen molar-refractivity contribution in [2.45, 2.75) is 247 Å². The number of hydrogen-bond acceptors (Lipinski definition) is 9. The topological polar surface area (TPSA) is 116 Å². The average Bonchev–Trinajstić information content (AvgIpc) is 3.97. The molecule has 0 atom stereocenters. The van der Waals surface area contributed by atoms with Crippen molar-refractivity contribution in [3.05, 3.63) is 86.5 Å². The first-order chi connectivity index (χ1) is 35.7. The van der Waals surface area contributed by atoms with Gasteiger partial charge in [0, 0.05) is 34.4 Å². The summed E-state index contributed by atoms with van der Waals surface area (Å²) in [4.78, 5) is 0. The summed E-state index contributed by atoms with van der Waals surface area (Å²) in [5.41, 5.74) is 8.03. The van der Waals surface area contributed by atoms with Gasteiger partial charge in [-0.3, -0.25) is 0 Å². The van der Waals surface area contributed by atoms with E-state index in [2.05, 4.69) is 161 Å². The van der Waals surface area contributed by atoms with E-state index in [1.165, 1.54) is 70.6 Å². The van der Waals surface area contributed by atoms with Crippen molar-refractivity contribution in [3.63, 3.8) is 0 Å². The van der Waals surface area contributed by atoms with Crippen LogP contribution in [0.15, 0.2) is 36.4 Å². The van der Waals surface area contributed by atoms with E-state index in [-0.39, 0.29) is 51.4 Å². The molecule has 432 valence electrons. The predicted octanol–water partition coefficient (Wildman–Crippen LogP) is 17.1. The molecule has 9 nitrogen and oxygen atoms in total. The Kier molecular flexibility index (Phi) is 19.2. The number of benzene rings is 3. The summed E-state index contributed by atoms with van der Waals surface area (Å²) >= 11 is 0. The second-order valence-corrected chi connectivity index (χ2v) is 30.6. The summed E-state index contributed by atoms with van der Waals surface area (Å²) in [5.74, 6) is 5.38. The number of hydrogen-bond donors (Lipinski definition) is 3. The predicted molar refractivity (Wildman–Crippen MR) is 312 cm³/mol. The Bertz CT molecular complexity index is 2290. The largest absolute Gasteiger partial charge is 0.507 e. The van der Waals surface area contributed by atoms with E-state index in [1.807, 2.05) is 0 Å². The molecule has 0 amide bonds. The van der Waals surface area contributed by atoms with Gasteiger partial charge in [-0.05, 0) is 133 Å². The van der Waals surface area contributed by atoms with Gasteiger partial charge in [-0.15, -0.1) is 0 Å².